The Morgan fingerprint density at radius 2 is 2.29 bits per heavy atom. The Kier molecular flexibility index (Phi) is 1.84. The SMILES string of the molecule is c1cc2c(cc1NC1CNC1)CCO2. The molecule has 2 heterocycles. The molecule has 0 spiro atoms. The minimum Gasteiger partial charge on any atom is -0.493 e. The van der Waals surface area contributed by atoms with Crippen molar-refractivity contribution in [2.24, 2.45) is 0 Å². The van der Waals surface area contributed by atoms with Crippen LogP contribution in [0.25, 0.3) is 0 Å². The standard InChI is InChI=1S/C11H14N2O/c1-2-11-8(3-4-14-11)5-9(1)13-10-6-12-7-10/h1-2,5,10,12-13H,3-4,6-7H2. The van der Waals surface area contributed by atoms with Crippen molar-refractivity contribution < 1.29 is 4.74 Å². The lowest BCUT2D eigenvalue weighted by atomic mass is 10.1. The summed E-state index contributed by atoms with van der Waals surface area (Å²) in [7, 11) is 0. The first-order valence-corrected chi connectivity index (χ1v) is 5.15. The van der Waals surface area contributed by atoms with E-state index in [2.05, 4.69) is 28.8 Å². The van der Waals surface area contributed by atoms with E-state index >= 15 is 0 Å². The quantitative estimate of drug-likeness (QED) is 0.730. The minimum atomic E-state index is 0.607. The van der Waals surface area contributed by atoms with Gasteiger partial charge in [-0.3, -0.25) is 0 Å². The predicted molar refractivity (Wildman–Crippen MR) is 55.9 cm³/mol. The number of benzene rings is 1. The van der Waals surface area contributed by atoms with E-state index in [0.717, 1.165) is 31.9 Å². The summed E-state index contributed by atoms with van der Waals surface area (Å²) in [4.78, 5) is 0. The third-order valence-electron chi connectivity index (χ3n) is 2.84. The normalized spacial score (nSPS) is 19.7. The average molecular weight is 190 g/mol. The summed E-state index contributed by atoms with van der Waals surface area (Å²) in [5.41, 5.74) is 2.56. The molecule has 0 unspecified atom stereocenters. The van der Waals surface area contributed by atoms with Crippen molar-refractivity contribution in [2.45, 2.75) is 12.5 Å². The maximum absolute atomic E-state index is 5.46. The number of rotatable bonds is 2. The highest BCUT2D eigenvalue weighted by Crippen LogP contribution is 2.28. The molecule has 0 radical (unpaired) electrons. The molecule has 0 aromatic heterocycles. The van der Waals surface area contributed by atoms with E-state index in [0.29, 0.717) is 6.04 Å². The highest BCUT2D eigenvalue weighted by molar-refractivity contribution is 5.53. The van der Waals surface area contributed by atoms with Crippen LogP contribution in [0, 0.1) is 0 Å². The van der Waals surface area contributed by atoms with Gasteiger partial charge in [0, 0.05) is 25.2 Å². The van der Waals surface area contributed by atoms with Gasteiger partial charge in [-0.05, 0) is 23.8 Å². The molecule has 2 aliphatic rings. The molecule has 14 heavy (non-hydrogen) atoms. The van der Waals surface area contributed by atoms with Gasteiger partial charge >= 0.3 is 0 Å². The number of fused-ring (bicyclic) bond motifs is 1. The minimum absolute atomic E-state index is 0.607. The first-order chi connectivity index (χ1) is 6.92. The van der Waals surface area contributed by atoms with E-state index < -0.39 is 0 Å². The maximum Gasteiger partial charge on any atom is 0.122 e. The summed E-state index contributed by atoms with van der Waals surface area (Å²) >= 11 is 0. The molecule has 0 amide bonds. The van der Waals surface area contributed by atoms with Gasteiger partial charge in [-0.2, -0.15) is 0 Å². The molecular formula is C11H14N2O. The van der Waals surface area contributed by atoms with E-state index in [-0.39, 0.29) is 0 Å². The molecule has 0 bridgehead atoms. The second-order valence-corrected chi connectivity index (χ2v) is 3.92. The zero-order valence-corrected chi connectivity index (χ0v) is 8.05. The van der Waals surface area contributed by atoms with Gasteiger partial charge in [0.2, 0.25) is 0 Å². The van der Waals surface area contributed by atoms with E-state index in [9.17, 15) is 0 Å². The largest absolute Gasteiger partial charge is 0.493 e. The summed E-state index contributed by atoms with van der Waals surface area (Å²) in [5, 5.41) is 6.74. The third kappa shape index (κ3) is 1.34. The Bertz CT molecular complexity index is 347. The fourth-order valence-electron chi connectivity index (χ4n) is 1.90. The zero-order chi connectivity index (χ0) is 9.38. The Morgan fingerprint density at radius 3 is 3.07 bits per heavy atom. The molecule has 3 nitrogen and oxygen atoms in total. The van der Waals surface area contributed by atoms with Crippen LogP contribution in [0.4, 0.5) is 5.69 Å². The van der Waals surface area contributed by atoms with Gasteiger partial charge in [0.15, 0.2) is 0 Å². The first-order valence-electron chi connectivity index (χ1n) is 5.15. The summed E-state index contributed by atoms with van der Waals surface area (Å²) in [5.74, 6) is 1.06. The second kappa shape index (κ2) is 3.17. The van der Waals surface area contributed by atoms with Gasteiger partial charge < -0.3 is 15.4 Å². The maximum atomic E-state index is 5.46. The number of ether oxygens (including phenoxy) is 1. The van der Waals surface area contributed by atoms with E-state index in [4.69, 9.17) is 4.74 Å². The van der Waals surface area contributed by atoms with Crippen LogP contribution in [0.15, 0.2) is 18.2 Å². The summed E-state index contributed by atoms with van der Waals surface area (Å²) in [6.45, 7) is 2.99. The van der Waals surface area contributed by atoms with Crippen LogP contribution in [0.5, 0.6) is 5.75 Å². The number of hydrogen-bond acceptors (Lipinski definition) is 3. The number of nitrogens with one attached hydrogen (secondary N) is 2. The Morgan fingerprint density at radius 1 is 1.36 bits per heavy atom. The van der Waals surface area contributed by atoms with Crippen molar-refractivity contribution in [2.75, 3.05) is 25.0 Å². The molecule has 0 atom stereocenters. The van der Waals surface area contributed by atoms with Crippen LogP contribution >= 0.6 is 0 Å². The van der Waals surface area contributed by atoms with Crippen molar-refractivity contribution in [3.63, 3.8) is 0 Å². The Balaban J connectivity index is 1.78. The molecule has 2 aliphatic heterocycles. The van der Waals surface area contributed by atoms with E-state index in [1.807, 2.05) is 0 Å². The van der Waals surface area contributed by atoms with Crippen LogP contribution in [-0.2, 0) is 6.42 Å². The van der Waals surface area contributed by atoms with Gasteiger partial charge in [0.05, 0.1) is 12.6 Å². The fraction of sp³-hybridized carbons (Fsp3) is 0.455. The van der Waals surface area contributed by atoms with Gasteiger partial charge in [-0.1, -0.05) is 0 Å². The van der Waals surface area contributed by atoms with E-state index in [1.54, 1.807) is 0 Å². The lowest BCUT2D eigenvalue weighted by molar-refractivity contribution is 0.357. The second-order valence-electron chi connectivity index (χ2n) is 3.92. The van der Waals surface area contributed by atoms with Crippen molar-refractivity contribution in [3.8, 4) is 5.75 Å². The Labute approximate surface area is 83.5 Å². The van der Waals surface area contributed by atoms with E-state index in [1.165, 1.54) is 11.3 Å². The molecule has 1 aromatic rings. The van der Waals surface area contributed by atoms with Gasteiger partial charge in [0.25, 0.3) is 0 Å². The highest BCUT2D eigenvalue weighted by Gasteiger charge is 2.17. The molecule has 2 N–H and O–H groups in total. The summed E-state index contributed by atoms with van der Waals surface area (Å²) in [6.07, 6.45) is 1.05. The predicted octanol–water partition coefficient (Wildman–Crippen LogP) is 1.01. The van der Waals surface area contributed by atoms with Crippen molar-refractivity contribution >= 4 is 5.69 Å². The molecule has 1 aromatic carbocycles. The van der Waals surface area contributed by atoms with Crippen LogP contribution in [0.3, 0.4) is 0 Å². The fourth-order valence-corrected chi connectivity index (χ4v) is 1.90. The molecule has 3 heteroatoms. The van der Waals surface area contributed by atoms with Gasteiger partial charge in [0.1, 0.15) is 5.75 Å². The molecule has 0 saturated carbocycles. The zero-order valence-electron chi connectivity index (χ0n) is 8.05. The topological polar surface area (TPSA) is 33.3 Å². The number of hydrogen-bond donors (Lipinski definition) is 2. The molecule has 0 aliphatic carbocycles. The molecule has 3 rings (SSSR count). The van der Waals surface area contributed by atoms with Crippen LogP contribution in [0.2, 0.25) is 0 Å². The lowest BCUT2D eigenvalue weighted by Crippen LogP contribution is -2.51. The molecular weight excluding hydrogens is 176 g/mol. The first kappa shape index (κ1) is 8.12. The molecule has 1 saturated heterocycles. The van der Waals surface area contributed by atoms with Crippen molar-refractivity contribution in [3.05, 3.63) is 23.8 Å². The average Bonchev–Trinajstić information content (AvgIpc) is 2.58. The van der Waals surface area contributed by atoms with Crippen LogP contribution in [-0.4, -0.2) is 25.7 Å². The van der Waals surface area contributed by atoms with Crippen LogP contribution in [0.1, 0.15) is 5.56 Å². The smallest absolute Gasteiger partial charge is 0.122 e. The summed E-state index contributed by atoms with van der Waals surface area (Å²) < 4.78 is 5.46. The van der Waals surface area contributed by atoms with Gasteiger partial charge in [-0.15, -0.1) is 0 Å². The Hall–Kier alpha value is -1.22. The molecule has 74 valence electrons. The lowest BCUT2D eigenvalue weighted by Gasteiger charge is -2.29. The van der Waals surface area contributed by atoms with Crippen molar-refractivity contribution in [1.82, 2.24) is 5.32 Å². The third-order valence-corrected chi connectivity index (χ3v) is 2.84. The molecule has 1 fully saturated rings. The number of anilines is 1. The van der Waals surface area contributed by atoms with Crippen LogP contribution < -0.4 is 15.4 Å². The monoisotopic (exact) mass is 190 g/mol. The summed E-state index contributed by atoms with van der Waals surface area (Å²) in [6, 6.07) is 6.98. The van der Waals surface area contributed by atoms with Gasteiger partial charge in [-0.25, -0.2) is 0 Å². The van der Waals surface area contributed by atoms with Crippen molar-refractivity contribution in [1.29, 1.82) is 0 Å². The highest BCUT2D eigenvalue weighted by atomic mass is 16.5.